The molecule has 2 heterocycles. The summed E-state index contributed by atoms with van der Waals surface area (Å²) in [6, 6.07) is 2.64. The Kier molecular flexibility index (Phi) is 3.80. The highest BCUT2D eigenvalue weighted by Crippen LogP contribution is 2.24. The number of hydrogen-bond donors (Lipinski definition) is 0. The van der Waals surface area contributed by atoms with Crippen molar-refractivity contribution in [2.45, 2.75) is 45.2 Å². The highest BCUT2D eigenvalue weighted by molar-refractivity contribution is 5.18. The van der Waals surface area contributed by atoms with Crippen molar-refractivity contribution in [2.75, 3.05) is 13.1 Å². The van der Waals surface area contributed by atoms with Crippen LogP contribution < -0.4 is 0 Å². The van der Waals surface area contributed by atoms with E-state index in [-0.39, 0.29) is 6.04 Å². The van der Waals surface area contributed by atoms with E-state index < -0.39 is 0 Å². The smallest absolute Gasteiger partial charge is 0.126 e. The number of likely N-dealkylation sites (tertiary alicyclic amines) is 1. The number of nitrogens with zero attached hydrogens (tertiary/aromatic N) is 4. The van der Waals surface area contributed by atoms with E-state index in [1.807, 2.05) is 17.1 Å². The molecule has 4 nitrogen and oxygen atoms in total. The number of rotatable bonds is 3. The zero-order valence-corrected chi connectivity index (χ0v) is 10.6. The maximum atomic E-state index is 9.35. The number of piperidine rings is 1. The maximum Gasteiger partial charge on any atom is 0.126 e. The molecule has 17 heavy (non-hydrogen) atoms. The Morgan fingerprint density at radius 2 is 2.00 bits per heavy atom. The molecule has 1 fully saturated rings. The molecule has 4 heteroatoms. The van der Waals surface area contributed by atoms with Crippen LogP contribution in [0.4, 0.5) is 0 Å². The molecule has 0 spiro atoms. The first-order valence-corrected chi connectivity index (χ1v) is 6.40. The summed E-state index contributed by atoms with van der Waals surface area (Å²) in [7, 11) is 0. The second-order valence-electron chi connectivity index (χ2n) is 4.98. The first kappa shape index (κ1) is 12.1. The van der Waals surface area contributed by atoms with Crippen LogP contribution in [0, 0.1) is 11.3 Å². The van der Waals surface area contributed by atoms with Gasteiger partial charge in [-0.15, -0.1) is 0 Å². The van der Waals surface area contributed by atoms with Gasteiger partial charge in [0.05, 0.1) is 12.3 Å². The molecule has 1 unspecified atom stereocenters. The van der Waals surface area contributed by atoms with E-state index in [1.165, 1.54) is 19.3 Å². The van der Waals surface area contributed by atoms with Crippen LogP contribution in [0.3, 0.4) is 0 Å². The molecule has 0 radical (unpaired) electrons. The predicted octanol–water partition coefficient (Wildman–Crippen LogP) is 2.51. The van der Waals surface area contributed by atoms with Gasteiger partial charge in [0.1, 0.15) is 6.04 Å². The molecule has 0 bridgehead atoms. The van der Waals surface area contributed by atoms with Crippen molar-refractivity contribution in [1.29, 1.82) is 5.26 Å². The molecule has 0 saturated carbocycles. The monoisotopic (exact) mass is 232 g/mol. The van der Waals surface area contributed by atoms with Gasteiger partial charge >= 0.3 is 0 Å². The quantitative estimate of drug-likeness (QED) is 0.804. The molecule has 1 atom stereocenters. The molecule has 1 saturated heterocycles. The minimum Gasteiger partial charge on any atom is -0.284 e. The van der Waals surface area contributed by atoms with Gasteiger partial charge in [-0.25, -0.2) is 0 Å². The van der Waals surface area contributed by atoms with Crippen LogP contribution in [0.15, 0.2) is 12.4 Å². The second-order valence-corrected chi connectivity index (χ2v) is 4.98. The molecule has 1 aliphatic heterocycles. The number of hydrogen-bond acceptors (Lipinski definition) is 3. The molecule has 2 rings (SSSR count). The minimum atomic E-state index is -0.122. The van der Waals surface area contributed by atoms with Crippen molar-refractivity contribution in [1.82, 2.24) is 14.7 Å². The zero-order chi connectivity index (χ0) is 12.3. The zero-order valence-electron chi connectivity index (χ0n) is 10.6. The summed E-state index contributed by atoms with van der Waals surface area (Å²) in [5.41, 5.74) is 1.03. The van der Waals surface area contributed by atoms with E-state index in [4.69, 9.17) is 0 Å². The Balaban J connectivity index is 2.14. The Bertz CT molecular complexity index is 396. The van der Waals surface area contributed by atoms with Crippen molar-refractivity contribution in [3.05, 3.63) is 18.0 Å². The van der Waals surface area contributed by atoms with Crippen LogP contribution in [0.1, 0.15) is 50.8 Å². The van der Waals surface area contributed by atoms with Crippen molar-refractivity contribution in [3.63, 3.8) is 0 Å². The summed E-state index contributed by atoms with van der Waals surface area (Å²) in [6.07, 6.45) is 7.54. The molecule has 0 aliphatic carbocycles. The first-order valence-electron chi connectivity index (χ1n) is 6.40. The van der Waals surface area contributed by atoms with Crippen LogP contribution in [0.5, 0.6) is 0 Å². The third-order valence-electron chi connectivity index (χ3n) is 3.34. The van der Waals surface area contributed by atoms with Gasteiger partial charge in [0.2, 0.25) is 0 Å². The van der Waals surface area contributed by atoms with Crippen LogP contribution in [-0.2, 0) is 0 Å². The Hall–Kier alpha value is -1.34. The third-order valence-corrected chi connectivity index (χ3v) is 3.34. The summed E-state index contributed by atoms with van der Waals surface area (Å²) >= 11 is 0. The minimum absolute atomic E-state index is 0.122. The van der Waals surface area contributed by atoms with Gasteiger partial charge in [0.15, 0.2) is 0 Å². The Morgan fingerprint density at radius 3 is 2.53 bits per heavy atom. The molecule has 0 aromatic carbocycles. The van der Waals surface area contributed by atoms with Gasteiger partial charge in [-0.05, 0) is 39.8 Å². The van der Waals surface area contributed by atoms with Gasteiger partial charge in [0, 0.05) is 17.8 Å². The van der Waals surface area contributed by atoms with Crippen LogP contribution in [0.25, 0.3) is 0 Å². The van der Waals surface area contributed by atoms with Gasteiger partial charge in [-0.2, -0.15) is 10.4 Å². The van der Waals surface area contributed by atoms with Crippen LogP contribution in [0.2, 0.25) is 0 Å². The first-order chi connectivity index (χ1) is 8.22. The molecule has 1 aromatic rings. The lowest BCUT2D eigenvalue weighted by molar-refractivity contribution is 0.196. The van der Waals surface area contributed by atoms with E-state index in [0.717, 1.165) is 18.7 Å². The summed E-state index contributed by atoms with van der Waals surface area (Å²) in [4.78, 5) is 2.27. The van der Waals surface area contributed by atoms with Crippen LogP contribution >= 0.6 is 0 Å². The van der Waals surface area contributed by atoms with Crippen molar-refractivity contribution in [2.24, 2.45) is 0 Å². The van der Waals surface area contributed by atoms with E-state index in [2.05, 4.69) is 29.9 Å². The highest BCUT2D eigenvalue weighted by atomic mass is 15.3. The average Bonchev–Trinajstić information content (AvgIpc) is 2.81. The van der Waals surface area contributed by atoms with Crippen molar-refractivity contribution in [3.8, 4) is 6.07 Å². The summed E-state index contributed by atoms with van der Waals surface area (Å²) < 4.78 is 1.92. The fourth-order valence-corrected chi connectivity index (χ4v) is 2.32. The lowest BCUT2D eigenvalue weighted by Crippen LogP contribution is -2.32. The van der Waals surface area contributed by atoms with Gasteiger partial charge in [0.25, 0.3) is 0 Å². The van der Waals surface area contributed by atoms with Crippen molar-refractivity contribution < 1.29 is 0 Å². The summed E-state index contributed by atoms with van der Waals surface area (Å²) in [6.45, 7) is 6.26. The van der Waals surface area contributed by atoms with E-state index >= 15 is 0 Å². The van der Waals surface area contributed by atoms with Gasteiger partial charge < -0.3 is 0 Å². The van der Waals surface area contributed by atoms with Crippen molar-refractivity contribution >= 4 is 0 Å². The molecule has 92 valence electrons. The molecule has 1 aliphatic rings. The molecule has 1 aromatic heterocycles. The maximum absolute atomic E-state index is 9.35. The fraction of sp³-hybridized carbons (Fsp3) is 0.692. The normalized spacial score (nSPS) is 19.2. The van der Waals surface area contributed by atoms with Gasteiger partial charge in [-0.3, -0.25) is 9.58 Å². The Labute approximate surface area is 103 Å². The second kappa shape index (κ2) is 5.33. The predicted molar refractivity (Wildman–Crippen MR) is 66.4 cm³/mol. The summed E-state index contributed by atoms with van der Waals surface area (Å²) in [5.74, 6) is 0. The SMILES string of the molecule is CC(C)n1cc(C(C#N)N2CCCCC2)cn1. The molecular formula is C13H20N4. The molecule has 0 N–H and O–H groups in total. The van der Waals surface area contributed by atoms with E-state index in [0.29, 0.717) is 6.04 Å². The molecule has 0 amide bonds. The topological polar surface area (TPSA) is 44.9 Å². The Morgan fingerprint density at radius 1 is 1.29 bits per heavy atom. The standard InChI is InChI=1S/C13H20N4/c1-11(2)17-10-12(9-15-17)13(8-14)16-6-4-3-5-7-16/h9-11,13H,3-7H2,1-2H3. The highest BCUT2D eigenvalue weighted by Gasteiger charge is 2.23. The largest absolute Gasteiger partial charge is 0.284 e. The van der Waals surface area contributed by atoms with Crippen LogP contribution in [-0.4, -0.2) is 27.8 Å². The fourth-order valence-electron chi connectivity index (χ4n) is 2.32. The molecular weight excluding hydrogens is 212 g/mol. The average molecular weight is 232 g/mol. The summed E-state index contributed by atoms with van der Waals surface area (Å²) in [5, 5.41) is 13.7. The number of nitriles is 1. The van der Waals surface area contributed by atoms with Gasteiger partial charge in [-0.1, -0.05) is 6.42 Å². The third kappa shape index (κ3) is 2.67. The van der Waals surface area contributed by atoms with E-state index in [1.54, 1.807) is 0 Å². The lowest BCUT2D eigenvalue weighted by atomic mass is 10.1. The lowest BCUT2D eigenvalue weighted by Gasteiger charge is -2.29. The number of aromatic nitrogens is 2. The van der Waals surface area contributed by atoms with E-state index in [9.17, 15) is 5.26 Å².